The van der Waals surface area contributed by atoms with Crippen LogP contribution in [-0.2, 0) is 17.8 Å². The van der Waals surface area contributed by atoms with E-state index in [1.807, 2.05) is 29.1 Å². The van der Waals surface area contributed by atoms with Crippen LogP contribution in [0.2, 0.25) is 0 Å². The largest absolute Gasteiger partial charge is 0.475 e. The normalized spacial score (nSPS) is 11.4. The maximum absolute atomic E-state index is 5.64. The lowest BCUT2D eigenvalue weighted by molar-refractivity contribution is 0.143. The number of methoxy groups -OCH3 is 1. The molecule has 0 aliphatic rings. The summed E-state index contributed by atoms with van der Waals surface area (Å²) in [5, 5.41) is 10.7. The number of nitrogens with one attached hydrogen (secondary N) is 2. The first-order valence-corrected chi connectivity index (χ1v) is 8.31. The average molecular weight is 346 g/mol. The van der Waals surface area contributed by atoms with Crippen molar-refractivity contribution in [3.05, 3.63) is 42.4 Å². The summed E-state index contributed by atoms with van der Waals surface area (Å²) in [6.07, 6.45) is 6.42. The van der Waals surface area contributed by atoms with Crippen LogP contribution in [0.25, 0.3) is 0 Å². The quantitative estimate of drug-likeness (QED) is 0.380. The number of guanidine groups is 1. The molecule has 0 bridgehead atoms. The Balaban J connectivity index is 1.74. The predicted molar refractivity (Wildman–Crippen MR) is 96.7 cm³/mol. The van der Waals surface area contributed by atoms with E-state index < -0.39 is 0 Å². The monoisotopic (exact) mass is 346 g/mol. The molecule has 0 unspecified atom stereocenters. The van der Waals surface area contributed by atoms with E-state index in [1.54, 1.807) is 26.6 Å². The van der Waals surface area contributed by atoms with Crippen molar-refractivity contribution in [3.8, 4) is 5.88 Å². The molecule has 0 aliphatic heterocycles. The first kappa shape index (κ1) is 18.7. The molecule has 2 aromatic rings. The highest BCUT2D eigenvalue weighted by Gasteiger charge is 2.06. The second kappa shape index (κ2) is 11.0. The first-order chi connectivity index (χ1) is 12.3. The minimum atomic E-state index is 0.473. The molecule has 25 heavy (non-hydrogen) atoms. The molecule has 2 N–H and O–H groups in total. The molecule has 0 aliphatic carbocycles. The minimum absolute atomic E-state index is 0.473. The smallest absolute Gasteiger partial charge is 0.218 e. The zero-order valence-corrected chi connectivity index (χ0v) is 14.8. The predicted octanol–water partition coefficient (Wildman–Crippen LogP) is 1.06. The maximum Gasteiger partial charge on any atom is 0.218 e. The molecule has 0 aromatic carbocycles. The summed E-state index contributed by atoms with van der Waals surface area (Å²) in [5.41, 5.74) is 0.970. The van der Waals surface area contributed by atoms with Crippen LogP contribution in [0.3, 0.4) is 0 Å². The number of hydrogen-bond donors (Lipinski definition) is 2. The van der Waals surface area contributed by atoms with Gasteiger partial charge in [-0.3, -0.25) is 9.67 Å². The van der Waals surface area contributed by atoms with Gasteiger partial charge < -0.3 is 20.1 Å². The van der Waals surface area contributed by atoms with Gasteiger partial charge in [0.15, 0.2) is 5.96 Å². The van der Waals surface area contributed by atoms with E-state index in [4.69, 9.17) is 9.47 Å². The van der Waals surface area contributed by atoms with Crippen LogP contribution in [0.1, 0.15) is 12.0 Å². The molecular formula is C17H26N6O2. The number of pyridine rings is 1. The number of aryl methyl sites for hydroxylation is 1. The van der Waals surface area contributed by atoms with Gasteiger partial charge in [0.1, 0.15) is 6.61 Å². The highest BCUT2D eigenvalue weighted by molar-refractivity contribution is 5.79. The van der Waals surface area contributed by atoms with Crippen LogP contribution < -0.4 is 15.4 Å². The third-order valence-electron chi connectivity index (χ3n) is 3.46. The number of nitrogens with zero attached hydrogens (tertiary/aromatic N) is 4. The van der Waals surface area contributed by atoms with Crippen molar-refractivity contribution in [2.24, 2.45) is 4.99 Å². The lowest BCUT2D eigenvalue weighted by atomic mass is 10.2. The second-order valence-electron chi connectivity index (χ2n) is 5.28. The molecule has 0 saturated heterocycles. The topological polar surface area (TPSA) is 85.6 Å². The van der Waals surface area contributed by atoms with Crippen LogP contribution in [0, 0.1) is 0 Å². The van der Waals surface area contributed by atoms with Gasteiger partial charge in [0, 0.05) is 57.9 Å². The standard InChI is InChI=1S/C17H26N6O2/c1-18-17(20-8-4-10-23-11-5-9-22-23)21-14-15-6-3-7-19-16(15)25-13-12-24-2/h3,5-7,9,11H,4,8,10,12-14H2,1-2H3,(H2,18,20,21). The van der Waals surface area contributed by atoms with Crippen molar-refractivity contribution in [1.29, 1.82) is 0 Å². The summed E-state index contributed by atoms with van der Waals surface area (Å²) in [6.45, 7) is 3.26. The molecule has 0 radical (unpaired) electrons. The zero-order valence-electron chi connectivity index (χ0n) is 14.8. The fourth-order valence-electron chi connectivity index (χ4n) is 2.19. The third-order valence-corrected chi connectivity index (χ3v) is 3.46. The van der Waals surface area contributed by atoms with Gasteiger partial charge in [-0.2, -0.15) is 5.10 Å². The summed E-state index contributed by atoms with van der Waals surface area (Å²) in [7, 11) is 3.40. The SMILES string of the molecule is CN=C(NCCCn1cccn1)NCc1cccnc1OCCOC. The molecule has 2 heterocycles. The molecule has 136 valence electrons. The Morgan fingerprint density at radius 2 is 2.16 bits per heavy atom. The van der Waals surface area contributed by atoms with Crippen molar-refractivity contribution < 1.29 is 9.47 Å². The van der Waals surface area contributed by atoms with E-state index in [-0.39, 0.29) is 0 Å². The van der Waals surface area contributed by atoms with E-state index in [0.717, 1.165) is 31.0 Å². The number of rotatable bonds is 10. The van der Waals surface area contributed by atoms with Crippen molar-refractivity contribution in [2.75, 3.05) is 33.9 Å². The summed E-state index contributed by atoms with van der Waals surface area (Å²) >= 11 is 0. The Bertz CT molecular complexity index is 630. The Hall–Kier alpha value is -2.61. The molecular weight excluding hydrogens is 320 g/mol. The molecule has 0 saturated carbocycles. The van der Waals surface area contributed by atoms with Gasteiger partial charge in [-0.25, -0.2) is 4.98 Å². The summed E-state index contributed by atoms with van der Waals surface area (Å²) in [5.74, 6) is 1.35. The van der Waals surface area contributed by atoms with Gasteiger partial charge in [0.2, 0.25) is 5.88 Å². The van der Waals surface area contributed by atoms with Crippen molar-refractivity contribution >= 4 is 5.96 Å². The molecule has 0 spiro atoms. The van der Waals surface area contributed by atoms with Crippen LogP contribution in [0.5, 0.6) is 5.88 Å². The Kier molecular flexibility index (Phi) is 8.26. The van der Waals surface area contributed by atoms with Gasteiger partial charge in [-0.05, 0) is 18.6 Å². The number of aliphatic imine (C=N–C) groups is 1. The Morgan fingerprint density at radius 1 is 1.24 bits per heavy atom. The van der Waals surface area contributed by atoms with E-state index in [1.165, 1.54) is 0 Å². The van der Waals surface area contributed by atoms with Gasteiger partial charge >= 0.3 is 0 Å². The number of aromatic nitrogens is 3. The lowest BCUT2D eigenvalue weighted by Gasteiger charge is -2.14. The fraction of sp³-hybridized carbons (Fsp3) is 0.471. The van der Waals surface area contributed by atoms with Crippen molar-refractivity contribution in [1.82, 2.24) is 25.4 Å². The van der Waals surface area contributed by atoms with Gasteiger partial charge in [-0.15, -0.1) is 0 Å². The fourth-order valence-corrected chi connectivity index (χ4v) is 2.19. The Labute approximate surface area is 148 Å². The second-order valence-corrected chi connectivity index (χ2v) is 5.28. The van der Waals surface area contributed by atoms with E-state index in [9.17, 15) is 0 Å². The average Bonchev–Trinajstić information content (AvgIpc) is 3.16. The van der Waals surface area contributed by atoms with E-state index in [0.29, 0.717) is 25.6 Å². The first-order valence-electron chi connectivity index (χ1n) is 8.31. The number of ether oxygens (including phenoxy) is 2. The summed E-state index contributed by atoms with van der Waals surface area (Å²) in [4.78, 5) is 8.50. The van der Waals surface area contributed by atoms with Gasteiger partial charge in [-0.1, -0.05) is 6.07 Å². The summed E-state index contributed by atoms with van der Waals surface area (Å²) < 4.78 is 12.5. The lowest BCUT2D eigenvalue weighted by Crippen LogP contribution is -2.37. The Morgan fingerprint density at radius 3 is 2.92 bits per heavy atom. The third kappa shape index (κ3) is 6.80. The molecule has 8 heteroatoms. The molecule has 0 fully saturated rings. The molecule has 0 atom stereocenters. The molecule has 0 amide bonds. The van der Waals surface area contributed by atoms with Crippen molar-refractivity contribution in [2.45, 2.75) is 19.5 Å². The summed E-state index contributed by atoms with van der Waals surface area (Å²) in [6, 6.07) is 5.79. The molecule has 8 nitrogen and oxygen atoms in total. The molecule has 2 rings (SSSR count). The van der Waals surface area contributed by atoms with Gasteiger partial charge in [0.05, 0.1) is 6.61 Å². The van der Waals surface area contributed by atoms with Gasteiger partial charge in [0.25, 0.3) is 0 Å². The van der Waals surface area contributed by atoms with Crippen LogP contribution >= 0.6 is 0 Å². The minimum Gasteiger partial charge on any atom is -0.475 e. The maximum atomic E-state index is 5.64. The highest BCUT2D eigenvalue weighted by Crippen LogP contribution is 2.13. The van der Waals surface area contributed by atoms with Crippen molar-refractivity contribution in [3.63, 3.8) is 0 Å². The van der Waals surface area contributed by atoms with E-state index >= 15 is 0 Å². The van der Waals surface area contributed by atoms with E-state index in [2.05, 4.69) is 25.7 Å². The molecule has 2 aromatic heterocycles. The highest BCUT2D eigenvalue weighted by atomic mass is 16.5. The van der Waals surface area contributed by atoms with Crippen LogP contribution in [0.15, 0.2) is 41.8 Å². The zero-order chi connectivity index (χ0) is 17.7. The van der Waals surface area contributed by atoms with Crippen LogP contribution in [0.4, 0.5) is 0 Å². The number of hydrogen-bond acceptors (Lipinski definition) is 5. The van der Waals surface area contributed by atoms with Crippen LogP contribution in [-0.4, -0.2) is 54.6 Å².